The molecule has 0 spiro atoms. The maximum Gasteiger partial charge on any atom is 0.254 e. The number of hydrogen-bond acceptors (Lipinski definition) is 12. The van der Waals surface area contributed by atoms with Crippen LogP contribution < -0.4 is 22.1 Å². The van der Waals surface area contributed by atoms with Crippen molar-refractivity contribution in [2.75, 3.05) is 23.1 Å². The van der Waals surface area contributed by atoms with Gasteiger partial charge in [-0.25, -0.2) is 16.8 Å². The Hall–Kier alpha value is -5.72. The van der Waals surface area contributed by atoms with Gasteiger partial charge in [0.2, 0.25) is 0 Å². The number of primary amides is 2. The molecule has 0 saturated heterocycles. The number of anilines is 4. The Labute approximate surface area is 301 Å². The number of nitrogens with zero attached hydrogens (tertiary/aromatic N) is 6. The van der Waals surface area contributed by atoms with Crippen LogP contribution in [-0.2, 0) is 19.7 Å². The number of hydrogen-bond donors (Lipinski definition) is 4. The second-order valence-corrected chi connectivity index (χ2v) is 16.9. The van der Waals surface area contributed by atoms with Gasteiger partial charge in [-0.3, -0.25) is 19.0 Å². The predicted octanol–water partition coefficient (Wildman–Crippen LogP) is 3.99. The third-order valence-corrected chi connectivity index (χ3v) is 11.0. The van der Waals surface area contributed by atoms with E-state index in [-0.39, 0.29) is 44.6 Å². The van der Waals surface area contributed by atoms with Crippen LogP contribution in [0.5, 0.6) is 0 Å². The molecule has 4 aromatic rings. The van der Waals surface area contributed by atoms with Crippen LogP contribution in [0.15, 0.2) is 70.7 Å². The molecule has 2 aromatic heterocycles. The molecule has 0 radical (unpaired) electrons. The number of benzene rings is 2. The molecule has 0 bridgehead atoms. The average Bonchev–Trinajstić information content (AvgIpc) is 4.01. The summed E-state index contributed by atoms with van der Waals surface area (Å²) in [6.45, 7) is 0. The zero-order chi connectivity index (χ0) is 37.8. The molecule has 2 saturated carbocycles. The van der Waals surface area contributed by atoms with E-state index in [1.165, 1.54) is 24.3 Å². The lowest BCUT2D eigenvalue weighted by molar-refractivity contribution is 0.0992. The summed E-state index contributed by atoms with van der Waals surface area (Å²) in [7, 11) is -6.56. The monoisotopic (exact) mass is 746 g/mol. The number of carbonyl (C=O) groups excluding carboxylic acids is 2. The van der Waals surface area contributed by atoms with E-state index in [9.17, 15) is 26.4 Å². The number of sulfone groups is 2. The van der Waals surface area contributed by atoms with Gasteiger partial charge < -0.3 is 22.1 Å². The fourth-order valence-corrected chi connectivity index (χ4v) is 6.88. The average molecular weight is 747 g/mol. The summed E-state index contributed by atoms with van der Waals surface area (Å²) >= 11 is 0. The Kier molecular flexibility index (Phi) is 11.0. The lowest BCUT2D eigenvalue weighted by Crippen LogP contribution is -2.12. The minimum absolute atomic E-state index is 0.0822. The molecule has 52 heavy (non-hydrogen) atoms. The van der Waals surface area contributed by atoms with E-state index in [1.807, 2.05) is 0 Å². The minimum Gasteiger partial charge on any atom is -0.365 e. The Balaban J connectivity index is 0.000000201. The van der Waals surface area contributed by atoms with Crippen LogP contribution in [0.3, 0.4) is 0 Å². The molecule has 18 heteroatoms. The van der Waals surface area contributed by atoms with Crippen LogP contribution in [0, 0.1) is 34.5 Å². The van der Waals surface area contributed by atoms with E-state index in [4.69, 9.17) is 22.0 Å². The predicted molar refractivity (Wildman–Crippen MR) is 191 cm³/mol. The van der Waals surface area contributed by atoms with Gasteiger partial charge >= 0.3 is 0 Å². The second kappa shape index (κ2) is 15.3. The molecule has 272 valence electrons. The van der Waals surface area contributed by atoms with Crippen LogP contribution in [0.4, 0.5) is 23.0 Å². The summed E-state index contributed by atoms with van der Waals surface area (Å²) < 4.78 is 49.4. The molecule has 2 aromatic carbocycles. The van der Waals surface area contributed by atoms with E-state index in [0.717, 1.165) is 38.2 Å². The van der Waals surface area contributed by atoms with Crippen LogP contribution in [0.2, 0.25) is 0 Å². The lowest BCUT2D eigenvalue weighted by Gasteiger charge is -2.12. The Morgan fingerprint density at radius 1 is 0.712 bits per heavy atom. The van der Waals surface area contributed by atoms with Gasteiger partial charge in [0.25, 0.3) is 11.8 Å². The third kappa shape index (κ3) is 9.33. The lowest BCUT2D eigenvalue weighted by atomic mass is 10.1. The molecule has 16 nitrogen and oxygen atoms in total. The Morgan fingerprint density at radius 3 is 1.29 bits per heavy atom. The topological polar surface area (TPSA) is 262 Å². The second-order valence-electron chi connectivity index (χ2n) is 12.8. The van der Waals surface area contributed by atoms with Crippen molar-refractivity contribution < 1.29 is 26.4 Å². The van der Waals surface area contributed by atoms with Crippen molar-refractivity contribution in [2.24, 2.45) is 23.3 Å². The van der Waals surface area contributed by atoms with Crippen molar-refractivity contribution in [3.63, 3.8) is 0 Å². The molecular weight excluding hydrogens is 709 g/mol. The SMILES string of the molecule is CS(=O)(=O)c1ccc(Nc2nn([C@@H](CC#N)C3CC3)cc2C(N)=O)cc1.CS(=O)(=O)c1ccc(Nc2nn([C@H](CC#N)C3CC3)cc2C(N)=O)cc1. The minimum atomic E-state index is -3.28. The van der Waals surface area contributed by atoms with Gasteiger partial charge in [-0.15, -0.1) is 0 Å². The highest BCUT2D eigenvalue weighted by molar-refractivity contribution is 7.91. The maximum atomic E-state index is 11.8. The zero-order valence-corrected chi connectivity index (χ0v) is 30.1. The largest absolute Gasteiger partial charge is 0.365 e. The van der Waals surface area contributed by atoms with Crippen molar-refractivity contribution >= 4 is 54.5 Å². The Bertz CT molecular complexity index is 2100. The van der Waals surface area contributed by atoms with Crippen molar-refractivity contribution in [2.45, 2.75) is 60.4 Å². The van der Waals surface area contributed by atoms with Gasteiger partial charge in [0.1, 0.15) is 11.1 Å². The van der Waals surface area contributed by atoms with Crippen molar-refractivity contribution in [1.82, 2.24) is 19.6 Å². The molecule has 2 atom stereocenters. The molecule has 2 heterocycles. The summed E-state index contributed by atoms with van der Waals surface area (Å²) in [5.74, 6) is 0.0896. The number of nitrogens with two attached hydrogens (primary N) is 2. The third-order valence-electron chi connectivity index (χ3n) is 8.70. The zero-order valence-electron chi connectivity index (χ0n) is 28.4. The van der Waals surface area contributed by atoms with E-state index >= 15 is 0 Å². The van der Waals surface area contributed by atoms with Gasteiger partial charge in [-0.1, -0.05) is 0 Å². The van der Waals surface area contributed by atoms with Crippen LogP contribution in [0.1, 0.15) is 71.3 Å². The highest BCUT2D eigenvalue weighted by Gasteiger charge is 2.35. The number of aromatic nitrogens is 4. The van der Waals surface area contributed by atoms with Gasteiger partial charge in [-0.05, 0) is 86.1 Å². The molecule has 0 aliphatic heterocycles. The van der Waals surface area contributed by atoms with Crippen LogP contribution in [-0.4, -0.2) is 60.7 Å². The fraction of sp³-hybridized carbons (Fsp3) is 0.353. The van der Waals surface area contributed by atoms with Gasteiger partial charge in [0.05, 0.1) is 46.9 Å². The summed E-state index contributed by atoms with van der Waals surface area (Å²) in [5, 5.41) is 32.9. The van der Waals surface area contributed by atoms with Gasteiger partial charge in [-0.2, -0.15) is 20.7 Å². The van der Waals surface area contributed by atoms with E-state index < -0.39 is 31.5 Å². The van der Waals surface area contributed by atoms with Crippen molar-refractivity contribution in [1.29, 1.82) is 10.5 Å². The quantitative estimate of drug-likeness (QED) is 0.143. The highest BCUT2D eigenvalue weighted by atomic mass is 32.2. The molecule has 2 amide bonds. The van der Waals surface area contributed by atoms with Crippen molar-refractivity contribution in [3.05, 3.63) is 72.1 Å². The summed E-state index contributed by atoms with van der Waals surface area (Å²) in [4.78, 5) is 23.9. The molecule has 2 aliphatic rings. The molecular formula is C34H38N10O6S2. The molecule has 6 rings (SSSR count). The highest BCUT2D eigenvalue weighted by Crippen LogP contribution is 2.42. The van der Waals surface area contributed by atoms with E-state index in [2.05, 4.69) is 33.0 Å². The number of rotatable bonds is 14. The fourth-order valence-electron chi connectivity index (χ4n) is 5.61. The van der Waals surface area contributed by atoms with Gasteiger partial charge in [0, 0.05) is 36.3 Å². The van der Waals surface area contributed by atoms with E-state index in [0.29, 0.717) is 36.1 Å². The summed E-state index contributed by atoms with van der Waals surface area (Å²) in [6.07, 6.45) is 10.2. The molecule has 2 fully saturated rings. The normalized spacial score (nSPS) is 15.2. The van der Waals surface area contributed by atoms with E-state index in [1.54, 1.807) is 46.0 Å². The maximum absolute atomic E-state index is 11.8. The first-order valence-corrected chi connectivity index (χ1v) is 20.0. The van der Waals surface area contributed by atoms with Crippen LogP contribution in [0.25, 0.3) is 0 Å². The Morgan fingerprint density at radius 2 is 1.04 bits per heavy atom. The van der Waals surface area contributed by atoms with Gasteiger partial charge in [0.15, 0.2) is 31.3 Å². The number of nitrogens with one attached hydrogen (secondary N) is 2. The number of carbonyl (C=O) groups is 2. The first kappa shape index (κ1) is 37.5. The summed E-state index contributed by atoms with van der Waals surface area (Å²) in [6, 6.07) is 16.4. The number of nitriles is 2. The first-order chi connectivity index (χ1) is 24.6. The molecule has 6 N–H and O–H groups in total. The standard InChI is InChI=1S/2C17H19N5O3S/c2*1-26(24,25)13-6-4-12(5-7-13)20-17-14(16(19)23)10-22(21-17)15(8-9-18)11-2-3-11/h2*4-7,10-11,15H,2-3,8H2,1H3,(H2,19,23)(H,20,21)/t2*15-/m10/s1. The summed E-state index contributed by atoms with van der Waals surface area (Å²) in [5.41, 5.74) is 12.5. The van der Waals surface area contributed by atoms with Crippen LogP contribution >= 0.6 is 0 Å². The number of amides is 2. The molecule has 0 unspecified atom stereocenters. The smallest absolute Gasteiger partial charge is 0.254 e. The van der Waals surface area contributed by atoms with Crippen molar-refractivity contribution in [3.8, 4) is 12.1 Å². The first-order valence-electron chi connectivity index (χ1n) is 16.2. The molecule has 2 aliphatic carbocycles.